The molecule has 0 radical (unpaired) electrons. The van der Waals surface area contributed by atoms with Crippen molar-refractivity contribution < 1.29 is 5.11 Å². The van der Waals surface area contributed by atoms with Gasteiger partial charge in [0.15, 0.2) is 0 Å². The number of aliphatic hydroxyl groups is 1. The van der Waals surface area contributed by atoms with Gasteiger partial charge in [0.05, 0.1) is 6.10 Å². The quantitative estimate of drug-likeness (QED) is 0.544. The molecule has 1 nitrogen and oxygen atoms in total. The Morgan fingerprint density at radius 2 is 1.50 bits per heavy atom. The number of hydrogen-bond acceptors (Lipinski definition) is 1. The third kappa shape index (κ3) is 0.800. The van der Waals surface area contributed by atoms with E-state index in [1.165, 1.54) is 25.7 Å². The van der Waals surface area contributed by atoms with Gasteiger partial charge in [-0.2, -0.15) is 0 Å². The van der Waals surface area contributed by atoms with Crippen LogP contribution in [0.15, 0.2) is 0 Å². The van der Waals surface area contributed by atoms with Crippen molar-refractivity contribution in [3.8, 4) is 0 Å². The lowest BCUT2D eigenvalue weighted by Gasteiger charge is -2.44. The van der Waals surface area contributed by atoms with Crippen LogP contribution in [0.1, 0.15) is 32.6 Å². The molecule has 0 aliphatic heterocycles. The van der Waals surface area contributed by atoms with Gasteiger partial charge in [-0.05, 0) is 43.4 Å². The average molecular weight is 140 g/mol. The van der Waals surface area contributed by atoms with E-state index in [1.807, 2.05) is 0 Å². The van der Waals surface area contributed by atoms with Crippen LogP contribution in [0.2, 0.25) is 0 Å². The first-order valence-corrected chi connectivity index (χ1v) is 4.47. The molecule has 2 atom stereocenters. The van der Waals surface area contributed by atoms with E-state index >= 15 is 0 Å². The van der Waals surface area contributed by atoms with Crippen molar-refractivity contribution in [3.05, 3.63) is 0 Å². The van der Waals surface area contributed by atoms with Gasteiger partial charge < -0.3 is 5.11 Å². The van der Waals surface area contributed by atoms with Crippen molar-refractivity contribution in [2.24, 2.45) is 17.8 Å². The van der Waals surface area contributed by atoms with E-state index in [1.54, 1.807) is 0 Å². The zero-order chi connectivity index (χ0) is 7.14. The van der Waals surface area contributed by atoms with E-state index in [-0.39, 0.29) is 6.10 Å². The van der Waals surface area contributed by atoms with Crippen molar-refractivity contribution in [2.45, 2.75) is 38.7 Å². The molecular weight excluding hydrogens is 124 g/mol. The van der Waals surface area contributed by atoms with Crippen molar-refractivity contribution in [1.29, 1.82) is 0 Å². The van der Waals surface area contributed by atoms with E-state index in [4.69, 9.17) is 0 Å². The lowest BCUT2D eigenvalue weighted by Crippen LogP contribution is -2.42. The third-order valence-electron chi connectivity index (χ3n) is 3.58. The van der Waals surface area contributed by atoms with Gasteiger partial charge in [0, 0.05) is 0 Å². The molecule has 3 aliphatic rings. The van der Waals surface area contributed by atoms with Gasteiger partial charge in [0.2, 0.25) is 0 Å². The van der Waals surface area contributed by atoms with Crippen LogP contribution in [0.25, 0.3) is 0 Å². The molecular formula is C9H16O. The van der Waals surface area contributed by atoms with Crippen LogP contribution in [0.4, 0.5) is 0 Å². The maximum Gasteiger partial charge on any atom is 0.0596 e. The first kappa shape index (κ1) is 6.66. The molecule has 0 heterocycles. The molecule has 0 spiro atoms. The minimum absolute atomic E-state index is 0.0347. The third-order valence-corrected chi connectivity index (χ3v) is 3.58. The lowest BCUT2D eigenvalue weighted by molar-refractivity contribution is -0.0471. The smallest absolute Gasteiger partial charge is 0.0596 e. The van der Waals surface area contributed by atoms with Gasteiger partial charge in [-0.15, -0.1) is 0 Å². The average Bonchev–Trinajstić information content (AvgIpc) is 2.00. The fourth-order valence-electron chi connectivity index (χ4n) is 2.72. The number of fused-ring (bicyclic) bond motifs is 3. The van der Waals surface area contributed by atoms with Crippen molar-refractivity contribution in [1.82, 2.24) is 0 Å². The summed E-state index contributed by atoms with van der Waals surface area (Å²) in [5, 5.41) is 9.67. The normalized spacial score (nSPS) is 53.4. The summed E-state index contributed by atoms with van der Waals surface area (Å²) in [6.45, 7) is 2.21. The highest BCUT2D eigenvalue weighted by Gasteiger charge is 2.39. The Morgan fingerprint density at radius 1 is 1.00 bits per heavy atom. The van der Waals surface area contributed by atoms with E-state index in [9.17, 15) is 5.11 Å². The summed E-state index contributed by atoms with van der Waals surface area (Å²) in [4.78, 5) is 0. The van der Waals surface area contributed by atoms with Crippen molar-refractivity contribution in [2.75, 3.05) is 0 Å². The highest BCUT2D eigenvalue weighted by molar-refractivity contribution is 4.90. The second-order valence-corrected chi connectivity index (χ2v) is 4.02. The molecule has 0 aromatic rings. The molecule has 10 heavy (non-hydrogen) atoms. The molecule has 2 bridgehead atoms. The van der Waals surface area contributed by atoms with Gasteiger partial charge in [-0.3, -0.25) is 0 Å². The molecule has 1 heteroatoms. The maximum atomic E-state index is 9.67. The molecule has 3 aliphatic carbocycles. The largest absolute Gasteiger partial charge is 0.393 e. The van der Waals surface area contributed by atoms with Crippen molar-refractivity contribution in [3.63, 3.8) is 0 Å². The zero-order valence-corrected chi connectivity index (χ0v) is 6.59. The number of rotatable bonds is 0. The highest BCUT2D eigenvalue weighted by atomic mass is 16.3. The first-order valence-electron chi connectivity index (χ1n) is 4.47. The summed E-state index contributed by atoms with van der Waals surface area (Å²) in [6.07, 6.45) is 5.37. The summed E-state index contributed by atoms with van der Waals surface area (Å²) in [5.41, 5.74) is 0. The van der Waals surface area contributed by atoms with E-state index in [0.29, 0.717) is 11.8 Å². The van der Waals surface area contributed by atoms with Crippen molar-refractivity contribution >= 4 is 0 Å². The Morgan fingerprint density at radius 3 is 1.80 bits per heavy atom. The second kappa shape index (κ2) is 2.23. The van der Waals surface area contributed by atoms with E-state index in [2.05, 4.69) is 6.92 Å². The monoisotopic (exact) mass is 140 g/mol. The predicted octanol–water partition coefficient (Wildman–Crippen LogP) is 1.80. The van der Waals surface area contributed by atoms with Crippen LogP contribution in [0.5, 0.6) is 0 Å². The Kier molecular flexibility index (Phi) is 1.48. The predicted molar refractivity (Wildman–Crippen MR) is 40.6 cm³/mol. The number of aliphatic hydroxyl groups excluding tert-OH is 1. The molecule has 58 valence electrons. The molecule has 0 aromatic carbocycles. The highest BCUT2D eigenvalue weighted by Crippen LogP contribution is 2.44. The fraction of sp³-hybridized carbons (Fsp3) is 1.00. The summed E-state index contributed by atoms with van der Waals surface area (Å²) in [6, 6.07) is 0. The molecule has 0 unspecified atom stereocenters. The Bertz CT molecular complexity index is 105. The summed E-state index contributed by atoms with van der Waals surface area (Å²) in [7, 11) is 0. The van der Waals surface area contributed by atoms with Crippen LogP contribution in [0, 0.1) is 17.8 Å². The zero-order valence-electron chi connectivity index (χ0n) is 6.59. The van der Waals surface area contributed by atoms with Crippen LogP contribution < -0.4 is 0 Å². The topological polar surface area (TPSA) is 20.2 Å². The Hall–Kier alpha value is -0.0400. The molecule has 3 rings (SSSR count). The number of hydrogen-bond donors (Lipinski definition) is 1. The molecule has 3 saturated carbocycles. The summed E-state index contributed by atoms with van der Waals surface area (Å²) >= 11 is 0. The summed E-state index contributed by atoms with van der Waals surface area (Å²) < 4.78 is 0. The minimum atomic E-state index is 0.0347. The Balaban J connectivity index is 2.13. The molecule has 3 fully saturated rings. The molecule has 0 aromatic heterocycles. The standard InChI is InChI=1S/C9H16O/c1-6-7-2-4-8(5-3-7)9(6)10/h6-10H,2-5H2,1H3/t6-,7?,8?,9+/m0/s1. The lowest BCUT2D eigenvalue weighted by atomic mass is 9.64. The molecule has 1 N–H and O–H groups in total. The van der Waals surface area contributed by atoms with Gasteiger partial charge in [-0.25, -0.2) is 0 Å². The second-order valence-electron chi connectivity index (χ2n) is 4.02. The van der Waals surface area contributed by atoms with E-state index < -0.39 is 0 Å². The van der Waals surface area contributed by atoms with Crippen LogP contribution >= 0.6 is 0 Å². The molecule has 0 saturated heterocycles. The van der Waals surface area contributed by atoms with Gasteiger partial charge >= 0.3 is 0 Å². The fourth-order valence-corrected chi connectivity index (χ4v) is 2.72. The van der Waals surface area contributed by atoms with Gasteiger partial charge in [-0.1, -0.05) is 6.92 Å². The Labute approximate surface area is 62.4 Å². The van der Waals surface area contributed by atoms with Gasteiger partial charge in [0.25, 0.3) is 0 Å². The molecule has 0 amide bonds. The van der Waals surface area contributed by atoms with Crippen LogP contribution in [-0.4, -0.2) is 11.2 Å². The maximum absolute atomic E-state index is 9.67. The minimum Gasteiger partial charge on any atom is -0.393 e. The van der Waals surface area contributed by atoms with Gasteiger partial charge in [0.1, 0.15) is 0 Å². The van der Waals surface area contributed by atoms with Crippen LogP contribution in [0.3, 0.4) is 0 Å². The SMILES string of the molecule is C[C@H]1C2CCC(CC2)[C@@H]1O. The first-order chi connectivity index (χ1) is 4.79. The van der Waals surface area contributed by atoms with Crippen LogP contribution in [-0.2, 0) is 0 Å². The summed E-state index contributed by atoms with van der Waals surface area (Å²) in [5.74, 6) is 2.09. The van der Waals surface area contributed by atoms with E-state index in [0.717, 1.165) is 5.92 Å².